The maximum atomic E-state index is 6.93. The SMILES string of the molecule is C[C@@H]1C=C(O[Si](C)(C)C(C)(C)C)[C@@]2(OO[Si](C)(C)C(C)(C)C)CCCN(C)C2=C1. The fraction of sp³-hybridized carbons (Fsp3) is 0.826. The van der Waals surface area contributed by atoms with Gasteiger partial charge in [0.05, 0.1) is 5.70 Å². The van der Waals surface area contributed by atoms with E-state index in [4.69, 9.17) is 13.9 Å². The Bertz CT molecular complexity index is 671. The fourth-order valence-electron chi connectivity index (χ4n) is 3.27. The van der Waals surface area contributed by atoms with Crippen molar-refractivity contribution in [3.63, 3.8) is 0 Å². The topological polar surface area (TPSA) is 30.9 Å². The van der Waals surface area contributed by atoms with Crippen molar-refractivity contribution < 1.29 is 13.9 Å². The predicted molar refractivity (Wildman–Crippen MR) is 128 cm³/mol. The molecule has 0 N–H and O–H groups in total. The highest BCUT2D eigenvalue weighted by molar-refractivity contribution is 6.74. The van der Waals surface area contributed by atoms with E-state index >= 15 is 0 Å². The van der Waals surface area contributed by atoms with Crippen molar-refractivity contribution in [1.82, 2.24) is 4.90 Å². The minimum atomic E-state index is -2.07. The van der Waals surface area contributed by atoms with Crippen LogP contribution in [0.15, 0.2) is 23.6 Å². The summed E-state index contributed by atoms with van der Waals surface area (Å²) in [5, 5.41) is 0.209. The van der Waals surface area contributed by atoms with Gasteiger partial charge in [0.25, 0.3) is 0 Å². The summed E-state index contributed by atoms with van der Waals surface area (Å²) in [7, 11) is -1.93. The van der Waals surface area contributed by atoms with Crippen LogP contribution in [0, 0.1) is 5.92 Å². The van der Waals surface area contributed by atoms with Crippen molar-refractivity contribution in [3.05, 3.63) is 23.6 Å². The summed E-state index contributed by atoms with van der Waals surface area (Å²) in [4.78, 5) is 8.87. The van der Waals surface area contributed by atoms with Crippen LogP contribution in [0.3, 0.4) is 0 Å². The molecule has 0 saturated carbocycles. The number of rotatable bonds is 5. The van der Waals surface area contributed by atoms with E-state index in [0.29, 0.717) is 5.92 Å². The Labute approximate surface area is 181 Å². The largest absolute Gasteiger partial charge is 0.544 e. The zero-order valence-corrected chi connectivity index (χ0v) is 23.0. The van der Waals surface area contributed by atoms with Gasteiger partial charge in [-0.1, -0.05) is 54.5 Å². The summed E-state index contributed by atoms with van der Waals surface area (Å²) in [5.74, 6) is 1.29. The third-order valence-electron chi connectivity index (χ3n) is 7.45. The molecule has 1 aliphatic heterocycles. The summed E-state index contributed by atoms with van der Waals surface area (Å²) in [6.07, 6.45) is 6.54. The number of hydrogen-bond acceptors (Lipinski definition) is 4. The van der Waals surface area contributed by atoms with Gasteiger partial charge in [0.1, 0.15) is 5.76 Å². The summed E-state index contributed by atoms with van der Waals surface area (Å²) in [5.41, 5.74) is 0.566. The second-order valence-corrected chi connectivity index (χ2v) is 21.5. The smallest absolute Gasteiger partial charge is 0.250 e. The van der Waals surface area contributed by atoms with E-state index < -0.39 is 22.2 Å². The number of nitrogens with zero attached hydrogens (tertiary/aromatic N) is 1. The molecule has 168 valence electrons. The second-order valence-electron chi connectivity index (χ2n) is 12.1. The summed E-state index contributed by atoms with van der Waals surface area (Å²) < 4.78 is 13.3. The molecule has 0 unspecified atom stereocenters. The molecular formula is C23H45NO3Si2. The van der Waals surface area contributed by atoms with E-state index in [0.717, 1.165) is 25.1 Å². The van der Waals surface area contributed by atoms with Crippen molar-refractivity contribution >= 4 is 16.6 Å². The highest BCUT2D eigenvalue weighted by atomic mass is 28.4. The molecule has 2 aliphatic rings. The molecule has 0 spiro atoms. The van der Waals surface area contributed by atoms with Crippen molar-refractivity contribution in [1.29, 1.82) is 0 Å². The molecule has 1 heterocycles. The van der Waals surface area contributed by atoms with Crippen molar-refractivity contribution in [2.24, 2.45) is 5.92 Å². The number of hydrogen-bond donors (Lipinski definition) is 0. The normalized spacial score (nSPS) is 26.6. The molecule has 2 rings (SSSR count). The van der Waals surface area contributed by atoms with Crippen molar-refractivity contribution in [3.8, 4) is 0 Å². The molecular weight excluding hydrogens is 394 g/mol. The Morgan fingerprint density at radius 3 is 2.03 bits per heavy atom. The number of likely N-dealkylation sites (N-methyl/N-ethyl adjacent to an activating group) is 1. The third-order valence-corrected chi connectivity index (χ3v) is 15.9. The Hall–Kier alpha value is -0.566. The molecule has 4 nitrogen and oxygen atoms in total. The van der Waals surface area contributed by atoms with Crippen LogP contribution in [0.4, 0.5) is 0 Å². The number of allylic oxidation sites excluding steroid dienone is 2. The molecule has 0 bridgehead atoms. The molecule has 1 fully saturated rings. The van der Waals surface area contributed by atoms with Gasteiger partial charge in [-0.05, 0) is 61.1 Å². The van der Waals surface area contributed by atoms with E-state index in [1.165, 1.54) is 5.70 Å². The summed E-state index contributed by atoms with van der Waals surface area (Å²) in [6.45, 7) is 26.0. The molecule has 2 atom stereocenters. The van der Waals surface area contributed by atoms with Gasteiger partial charge >= 0.3 is 0 Å². The van der Waals surface area contributed by atoms with Gasteiger partial charge < -0.3 is 9.33 Å². The first kappa shape index (κ1) is 24.7. The Kier molecular flexibility index (Phi) is 6.68. The average molecular weight is 440 g/mol. The zero-order valence-electron chi connectivity index (χ0n) is 21.0. The van der Waals surface area contributed by atoms with Crippen LogP contribution >= 0.6 is 0 Å². The molecule has 0 aromatic heterocycles. The van der Waals surface area contributed by atoms with E-state index in [-0.39, 0.29) is 10.1 Å². The standard InChI is InChI=1S/C23H45NO3Si2/c1-18-16-19-23(14-13-15-24(19)8,26-27-29(11,12)22(5,6)7)20(17-18)25-28(9,10)21(2,3)4/h16-18H,13-15H2,1-12H3/t18-,23+/m0/s1. The molecule has 0 aromatic carbocycles. The van der Waals surface area contributed by atoms with Crippen LogP contribution in [0.2, 0.25) is 36.3 Å². The highest BCUT2D eigenvalue weighted by Crippen LogP contribution is 2.49. The minimum Gasteiger partial charge on any atom is -0.544 e. The van der Waals surface area contributed by atoms with E-state index in [1.54, 1.807) is 0 Å². The van der Waals surface area contributed by atoms with Crippen molar-refractivity contribution in [2.75, 3.05) is 13.6 Å². The van der Waals surface area contributed by atoms with Gasteiger partial charge in [-0.3, -0.25) is 4.58 Å². The van der Waals surface area contributed by atoms with Crippen LogP contribution < -0.4 is 0 Å². The number of fused-ring (bicyclic) bond motifs is 1. The van der Waals surface area contributed by atoms with Crippen LogP contribution in [0.5, 0.6) is 0 Å². The molecule has 1 saturated heterocycles. The maximum Gasteiger partial charge on any atom is 0.250 e. The Morgan fingerprint density at radius 2 is 1.52 bits per heavy atom. The molecule has 0 aromatic rings. The van der Waals surface area contributed by atoms with Gasteiger partial charge in [0, 0.05) is 13.6 Å². The number of likely N-dealkylation sites (tertiary alicyclic amines) is 1. The first-order valence-corrected chi connectivity index (χ1v) is 17.0. The summed E-state index contributed by atoms with van der Waals surface area (Å²) in [6, 6.07) is 0. The Morgan fingerprint density at radius 1 is 0.966 bits per heavy atom. The lowest BCUT2D eigenvalue weighted by atomic mass is 9.81. The monoisotopic (exact) mass is 439 g/mol. The first-order valence-electron chi connectivity index (χ1n) is 11.1. The fourth-order valence-corrected chi connectivity index (χ4v) is 4.96. The van der Waals surface area contributed by atoms with Gasteiger partial charge in [0.2, 0.25) is 16.6 Å². The zero-order chi connectivity index (χ0) is 22.5. The van der Waals surface area contributed by atoms with Crippen molar-refractivity contribution in [2.45, 2.75) is 103 Å². The van der Waals surface area contributed by atoms with Gasteiger partial charge in [0.15, 0.2) is 5.60 Å². The molecule has 29 heavy (non-hydrogen) atoms. The van der Waals surface area contributed by atoms with Gasteiger partial charge in [-0.15, -0.1) is 0 Å². The third kappa shape index (κ3) is 4.86. The van der Waals surface area contributed by atoms with E-state index in [2.05, 4.69) is 98.8 Å². The Balaban J connectivity index is 2.47. The molecule has 0 radical (unpaired) electrons. The molecule has 6 heteroatoms. The van der Waals surface area contributed by atoms with Crippen LogP contribution in [-0.4, -0.2) is 40.7 Å². The quantitative estimate of drug-likeness (QED) is 0.266. The maximum absolute atomic E-state index is 6.93. The molecule has 0 amide bonds. The van der Waals surface area contributed by atoms with Gasteiger partial charge in [-0.25, -0.2) is 4.89 Å². The van der Waals surface area contributed by atoms with Crippen LogP contribution in [-0.2, 0) is 13.9 Å². The molecule has 1 aliphatic carbocycles. The van der Waals surface area contributed by atoms with Gasteiger partial charge in [-0.2, -0.15) is 0 Å². The lowest BCUT2D eigenvalue weighted by Gasteiger charge is -2.50. The van der Waals surface area contributed by atoms with E-state index in [1.807, 2.05) is 0 Å². The first-order chi connectivity index (χ1) is 12.9. The average Bonchev–Trinajstić information content (AvgIpc) is 2.52. The lowest BCUT2D eigenvalue weighted by molar-refractivity contribution is -0.296. The minimum absolute atomic E-state index is 0.0835. The summed E-state index contributed by atoms with van der Waals surface area (Å²) >= 11 is 0. The highest BCUT2D eigenvalue weighted by Gasteiger charge is 2.53. The number of piperidine rings is 1. The van der Waals surface area contributed by atoms with E-state index in [9.17, 15) is 0 Å². The van der Waals surface area contributed by atoms with Crippen LogP contribution in [0.25, 0.3) is 0 Å². The predicted octanol–water partition coefficient (Wildman–Crippen LogP) is 6.84. The lowest BCUT2D eigenvalue weighted by Crippen LogP contribution is -2.55. The second kappa shape index (κ2) is 7.84. The van der Waals surface area contributed by atoms with Crippen LogP contribution in [0.1, 0.15) is 61.3 Å².